The number of hydrogen-bond acceptors (Lipinski definition) is 5. The predicted molar refractivity (Wildman–Crippen MR) is 91.8 cm³/mol. The molecule has 0 saturated heterocycles. The topological polar surface area (TPSA) is 84.3 Å². The highest BCUT2D eigenvalue weighted by atomic mass is 19.4. The minimum atomic E-state index is -4.57. The van der Waals surface area contributed by atoms with E-state index in [1.165, 1.54) is 19.2 Å². The number of halogens is 4. The Morgan fingerprint density at radius 2 is 1.89 bits per heavy atom. The number of fused-ring (bicyclic) bond motifs is 1. The first-order valence-electron chi connectivity index (χ1n) is 7.87. The molecule has 0 bridgehead atoms. The second kappa shape index (κ2) is 7.29. The number of rotatable bonds is 5. The SMILES string of the molecule is COc1ccc(CNc2nc3cc(C(F)(F)F)ccc3nc2C(=O)O)cc1F. The zero-order valence-corrected chi connectivity index (χ0v) is 14.3. The van der Waals surface area contributed by atoms with E-state index < -0.39 is 29.2 Å². The van der Waals surface area contributed by atoms with Crippen LogP contribution in [0, 0.1) is 5.82 Å². The van der Waals surface area contributed by atoms with Crippen molar-refractivity contribution in [1.82, 2.24) is 9.97 Å². The van der Waals surface area contributed by atoms with Gasteiger partial charge in [0.25, 0.3) is 0 Å². The van der Waals surface area contributed by atoms with Crippen molar-refractivity contribution < 1.29 is 32.2 Å². The van der Waals surface area contributed by atoms with Crippen molar-refractivity contribution in [3.8, 4) is 5.75 Å². The Kier molecular flexibility index (Phi) is 5.04. The molecule has 0 unspecified atom stereocenters. The first-order chi connectivity index (χ1) is 13.2. The molecule has 1 aromatic heterocycles. The summed E-state index contributed by atoms with van der Waals surface area (Å²) in [4.78, 5) is 19.3. The third-order valence-corrected chi connectivity index (χ3v) is 3.87. The number of nitrogens with zero attached hydrogens (tertiary/aromatic N) is 2. The van der Waals surface area contributed by atoms with Gasteiger partial charge in [-0.1, -0.05) is 6.07 Å². The molecule has 2 N–H and O–H groups in total. The summed E-state index contributed by atoms with van der Waals surface area (Å²) >= 11 is 0. The van der Waals surface area contributed by atoms with Gasteiger partial charge in [-0.2, -0.15) is 13.2 Å². The number of nitrogens with one attached hydrogen (secondary N) is 1. The molecule has 0 atom stereocenters. The molecular formula is C18H13F4N3O3. The van der Waals surface area contributed by atoms with Crippen LogP contribution >= 0.6 is 0 Å². The van der Waals surface area contributed by atoms with Gasteiger partial charge in [-0.15, -0.1) is 0 Å². The smallest absolute Gasteiger partial charge is 0.416 e. The van der Waals surface area contributed by atoms with E-state index in [9.17, 15) is 27.5 Å². The van der Waals surface area contributed by atoms with Gasteiger partial charge in [-0.25, -0.2) is 19.2 Å². The Morgan fingerprint density at radius 3 is 2.50 bits per heavy atom. The van der Waals surface area contributed by atoms with E-state index in [2.05, 4.69) is 15.3 Å². The van der Waals surface area contributed by atoms with Gasteiger partial charge < -0.3 is 15.2 Å². The number of hydrogen-bond donors (Lipinski definition) is 2. The van der Waals surface area contributed by atoms with Crippen molar-refractivity contribution in [2.75, 3.05) is 12.4 Å². The lowest BCUT2D eigenvalue weighted by Crippen LogP contribution is -2.12. The van der Waals surface area contributed by atoms with E-state index in [0.717, 1.165) is 18.2 Å². The average Bonchev–Trinajstić information content (AvgIpc) is 2.64. The number of anilines is 1. The number of alkyl halides is 3. The zero-order chi connectivity index (χ0) is 20.5. The Balaban J connectivity index is 1.96. The Hall–Kier alpha value is -3.43. The minimum absolute atomic E-state index is 0.00596. The molecule has 28 heavy (non-hydrogen) atoms. The molecule has 0 spiro atoms. The monoisotopic (exact) mass is 395 g/mol. The molecule has 0 fully saturated rings. The van der Waals surface area contributed by atoms with Gasteiger partial charge >= 0.3 is 12.1 Å². The van der Waals surface area contributed by atoms with Crippen LogP contribution in [0.4, 0.5) is 23.4 Å². The maximum absolute atomic E-state index is 13.8. The van der Waals surface area contributed by atoms with E-state index in [4.69, 9.17) is 4.74 Å². The number of aromatic carboxylic acids is 1. The van der Waals surface area contributed by atoms with Gasteiger partial charge in [0.1, 0.15) is 0 Å². The Labute approximate surface area is 155 Å². The molecule has 0 amide bonds. The summed E-state index contributed by atoms with van der Waals surface area (Å²) in [6, 6.07) is 6.77. The van der Waals surface area contributed by atoms with Crippen LogP contribution < -0.4 is 10.1 Å². The summed E-state index contributed by atoms with van der Waals surface area (Å²) in [7, 11) is 1.31. The molecule has 0 radical (unpaired) electrons. The summed E-state index contributed by atoms with van der Waals surface area (Å²) in [5, 5.41) is 12.0. The third kappa shape index (κ3) is 3.95. The van der Waals surface area contributed by atoms with Gasteiger partial charge in [-0.3, -0.25) is 0 Å². The quantitative estimate of drug-likeness (QED) is 0.633. The molecule has 0 aliphatic carbocycles. The number of carbonyl (C=O) groups is 1. The lowest BCUT2D eigenvalue weighted by molar-refractivity contribution is -0.137. The van der Waals surface area contributed by atoms with Crippen molar-refractivity contribution in [3.63, 3.8) is 0 Å². The molecule has 1 heterocycles. The lowest BCUT2D eigenvalue weighted by atomic mass is 10.1. The van der Waals surface area contributed by atoms with Crippen LogP contribution in [0.3, 0.4) is 0 Å². The lowest BCUT2D eigenvalue weighted by Gasteiger charge is -2.12. The maximum Gasteiger partial charge on any atom is 0.416 e. The second-order valence-corrected chi connectivity index (χ2v) is 5.75. The average molecular weight is 395 g/mol. The summed E-state index contributed by atoms with van der Waals surface area (Å²) in [6.45, 7) is -0.0274. The fourth-order valence-electron chi connectivity index (χ4n) is 2.51. The fraction of sp³-hybridized carbons (Fsp3) is 0.167. The predicted octanol–water partition coefficient (Wildman–Crippen LogP) is 4.11. The highest BCUT2D eigenvalue weighted by Crippen LogP contribution is 2.31. The van der Waals surface area contributed by atoms with Gasteiger partial charge in [0, 0.05) is 6.54 Å². The molecule has 3 rings (SSSR count). The van der Waals surface area contributed by atoms with Crippen molar-refractivity contribution in [3.05, 3.63) is 59.0 Å². The summed E-state index contributed by atoms with van der Waals surface area (Å²) in [6.07, 6.45) is -4.57. The number of aromatic nitrogens is 2. The van der Waals surface area contributed by atoms with Gasteiger partial charge in [0.05, 0.1) is 23.7 Å². The summed E-state index contributed by atoms with van der Waals surface area (Å²) in [5.74, 6) is -2.20. The molecule has 146 valence electrons. The van der Waals surface area contributed by atoms with Crippen LogP contribution in [-0.4, -0.2) is 28.2 Å². The van der Waals surface area contributed by atoms with Crippen LogP contribution in [0.25, 0.3) is 11.0 Å². The van der Waals surface area contributed by atoms with Crippen LogP contribution in [0.15, 0.2) is 36.4 Å². The highest BCUT2D eigenvalue weighted by molar-refractivity contribution is 5.94. The van der Waals surface area contributed by atoms with Gasteiger partial charge in [0.2, 0.25) is 0 Å². The van der Waals surface area contributed by atoms with E-state index in [-0.39, 0.29) is 29.1 Å². The van der Waals surface area contributed by atoms with E-state index in [0.29, 0.717) is 5.56 Å². The number of carboxylic acids is 1. The van der Waals surface area contributed by atoms with Gasteiger partial charge in [0.15, 0.2) is 23.1 Å². The fourth-order valence-corrected chi connectivity index (χ4v) is 2.51. The molecule has 0 aliphatic rings. The van der Waals surface area contributed by atoms with Crippen LogP contribution in [0.5, 0.6) is 5.75 Å². The van der Waals surface area contributed by atoms with Crippen LogP contribution in [0.1, 0.15) is 21.6 Å². The molecule has 10 heteroatoms. The first-order valence-corrected chi connectivity index (χ1v) is 7.87. The first kappa shape index (κ1) is 19.3. The van der Waals surface area contributed by atoms with E-state index in [1.807, 2.05) is 0 Å². The van der Waals surface area contributed by atoms with E-state index in [1.54, 1.807) is 6.07 Å². The van der Waals surface area contributed by atoms with Crippen LogP contribution in [0.2, 0.25) is 0 Å². The Morgan fingerprint density at radius 1 is 1.14 bits per heavy atom. The zero-order valence-electron chi connectivity index (χ0n) is 14.3. The molecule has 2 aromatic carbocycles. The normalized spacial score (nSPS) is 11.5. The molecule has 0 aliphatic heterocycles. The largest absolute Gasteiger partial charge is 0.494 e. The Bertz CT molecular complexity index is 1050. The van der Waals surface area contributed by atoms with Crippen molar-refractivity contribution >= 4 is 22.8 Å². The van der Waals surface area contributed by atoms with Crippen molar-refractivity contribution in [2.45, 2.75) is 12.7 Å². The number of ether oxygens (including phenoxy) is 1. The standard InChI is InChI=1S/C18H13F4N3O3/c1-28-14-5-2-9(6-11(14)19)8-23-16-15(17(26)27)24-12-4-3-10(18(20,21)22)7-13(12)25-16/h2-7H,8H2,1H3,(H,23,25)(H,26,27). The minimum Gasteiger partial charge on any atom is -0.494 e. The molecule has 3 aromatic rings. The second-order valence-electron chi connectivity index (χ2n) is 5.75. The number of benzene rings is 2. The summed E-state index contributed by atoms with van der Waals surface area (Å²) in [5.41, 5.74) is -1.06. The summed E-state index contributed by atoms with van der Waals surface area (Å²) < 4.78 is 57.2. The molecule has 0 saturated carbocycles. The molecular weight excluding hydrogens is 382 g/mol. The van der Waals surface area contributed by atoms with Gasteiger partial charge in [-0.05, 0) is 35.9 Å². The highest BCUT2D eigenvalue weighted by Gasteiger charge is 2.31. The maximum atomic E-state index is 13.8. The van der Waals surface area contributed by atoms with Crippen molar-refractivity contribution in [2.24, 2.45) is 0 Å². The van der Waals surface area contributed by atoms with Crippen LogP contribution in [-0.2, 0) is 12.7 Å². The number of carboxylic acid groups (broad SMARTS) is 1. The number of methoxy groups -OCH3 is 1. The van der Waals surface area contributed by atoms with E-state index >= 15 is 0 Å². The molecule has 6 nitrogen and oxygen atoms in total. The third-order valence-electron chi connectivity index (χ3n) is 3.87. The van der Waals surface area contributed by atoms with Crippen molar-refractivity contribution in [1.29, 1.82) is 0 Å².